The fourth-order valence-electron chi connectivity index (χ4n) is 2.45. The van der Waals surface area contributed by atoms with Crippen molar-refractivity contribution in [3.05, 3.63) is 35.9 Å². The molecule has 1 saturated heterocycles. The van der Waals surface area contributed by atoms with Gasteiger partial charge in [-0.1, -0.05) is 32.0 Å². The molecule has 0 radical (unpaired) electrons. The van der Waals surface area contributed by atoms with Gasteiger partial charge in [-0.2, -0.15) is 0 Å². The van der Waals surface area contributed by atoms with E-state index >= 15 is 0 Å². The van der Waals surface area contributed by atoms with Crippen LogP contribution < -0.4 is 5.32 Å². The predicted molar refractivity (Wildman–Crippen MR) is 75.4 cm³/mol. The second-order valence-electron chi connectivity index (χ2n) is 5.39. The Balaban J connectivity index is 2.40. The molecule has 2 atom stereocenters. The maximum Gasteiger partial charge on any atom is 0.327 e. The maximum atomic E-state index is 12.6. The molecule has 2 N–H and O–H groups in total. The Hall–Kier alpha value is -2.37. The molecule has 0 saturated carbocycles. The molecule has 2 rings (SSSR count). The highest BCUT2D eigenvalue weighted by Crippen LogP contribution is 2.22. The Morgan fingerprint density at radius 2 is 1.90 bits per heavy atom. The number of carbonyl (C=O) groups excluding carboxylic acids is 2. The first-order valence-electron chi connectivity index (χ1n) is 6.81. The topological polar surface area (TPSA) is 86.7 Å². The number of carbonyl (C=O) groups is 3. The van der Waals surface area contributed by atoms with Crippen molar-refractivity contribution in [2.45, 2.75) is 32.5 Å². The largest absolute Gasteiger partial charge is 0.480 e. The summed E-state index contributed by atoms with van der Waals surface area (Å²) in [4.78, 5) is 37.0. The SMILES string of the molecule is CC(C)C1NC(=O)CC(C(=O)O)N1C(=O)c1ccccc1. The van der Waals surface area contributed by atoms with E-state index in [4.69, 9.17) is 0 Å². The highest BCUT2D eigenvalue weighted by Gasteiger charge is 2.42. The molecule has 0 aromatic heterocycles. The number of aliphatic carboxylic acids is 1. The van der Waals surface area contributed by atoms with Crippen LogP contribution in [0.4, 0.5) is 0 Å². The van der Waals surface area contributed by atoms with E-state index in [0.29, 0.717) is 5.56 Å². The van der Waals surface area contributed by atoms with Crippen LogP contribution in [0.3, 0.4) is 0 Å². The van der Waals surface area contributed by atoms with Gasteiger partial charge >= 0.3 is 5.97 Å². The third-order valence-corrected chi connectivity index (χ3v) is 3.49. The summed E-state index contributed by atoms with van der Waals surface area (Å²) >= 11 is 0. The Kier molecular flexibility index (Phi) is 4.26. The normalized spacial score (nSPS) is 22.0. The van der Waals surface area contributed by atoms with Gasteiger partial charge in [-0.05, 0) is 18.1 Å². The number of benzene rings is 1. The average Bonchev–Trinajstić information content (AvgIpc) is 2.46. The van der Waals surface area contributed by atoms with Gasteiger partial charge in [0.15, 0.2) is 0 Å². The standard InChI is InChI=1S/C15H18N2O4/c1-9(2)13-16-12(18)8-11(15(20)21)17(13)14(19)10-6-4-3-5-7-10/h3-7,9,11,13H,8H2,1-2H3,(H,16,18)(H,20,21). The minimum atomic E-state index is -1.17. The Morgan fingerprint density at radius 1 is 1.29 bits per heavy atom. The van der Waals surface area contributed by atoms with Crippen LogP contribution in [-0.2, 0) is 9.59 Å². The lowest BCUT2D eigenvalue weighted by Crippen LogP contribution is -2.64. The second-order valence-corrected chi connectivity index (χ2v) is 5.39. The van der Waals surface area contributed by atoms with E-state index < -0.39 is 18.2 Å². The number of carboxylic acids is 1. The molecule has 1 heterocycles. The summed E-state index contributed by atoms with van der Waals surface area (Å²) in [6.07, 6.45) is -0.850. The number of nitrogens with one attached hydrogen (secondary N) is 1. The number of carboxylic acid groups (broad SMARTS) is 1. The first-order chi connectivity index (χ1) is 9.91. The van der Waals surface area contributed by atoms with Crippen molar-refractivity contribution in [1.29, 1.82) is 0 Å². The molecule has 0 bridgehead atoms. The van der Waals surface area contributed by atoms with Gasteiger partial charge in [0.05, 0.1) is 6.42 Å². The van der Waals surface area contributed by atoms with Crippen LogP contribution in [0.5, 0.6) is 0 Å². The molecule has 1 aliphatic rings. The fourth-order valence-corrected chi connectivity index (χ4v) is 2.45. The van der Waals surface area contributed by atoms with Crippen LogP contribution in [0.15, 0.2) is 30.3 Å². The lowest BCUT2D eigenvalue weighted by atomic mass is 9.99. The van der Waals surface area contributed by atoms with Gasteiger partial charge in [0, 0.05) is 5.56 Å². The molecule has 1 aliphatic heterocycles. The Labute approximate surface area is 122 Å². The quantitative estimate of drug-likeness (QED) is 0.872. The molecule has 1 fully saturated rings. The van der Waals surface area contributed by atoms with Gasteiger partial charge in [0.25, 0.3) is 5.91 Å². The summed E-state index contributed by atoms with van der Waals surface area (Å²) in [5.41, 5.74) is 0.408. The zero-order chi connectivity index (χ0) is 15.6. The molecule has 112 valence electrons. The van der Waals surface area contributed by atoms with Crippen LogP contribution in [0.2, 0.25) is 0 Å². The number of hydrogen-bond donors (Lipinski definition) is 2. The molecule has 0 aliphatic carbocycles. The second kappa shape index (κ2) is 5.95. The van der Waals surface area contributed by atoms with Crippen molar-refractivity contribution in [3.8, 4) is 0 Å². The van der Waals surface area contributed by atoms with Gasteiger partial charge in [0.2, 0.25) is 5.91 Å². The van der Waals surface area contributed by atoms with E-state index in [2.05, 4.69) is 5.32 Å². The number of rotatable bonds is 3. The minimum Gasteiger partial charge on any atom is -0.480 e. The van der Waals surface area contributed by atoms with E-state index in [-0.39, 0.29) is 24.2 Å². The minimum absolute atomic E-state index is 0.0937. The highest BCUT2D eigenvalue weighted by atomic mass is 16.4. The Morgan fingerprint density at radius 3 is 2.43 bits per heavy atom. The summed E-state index contributed by atoms with van der Waals surface area (Å²) < 4.78 is 0. The third kappa shape index (κ3) is 3.04. The van der Waals surface area contributed by atoms with E-state index in [1.54, 1.807) is 30.3 Å². The van der Waals surface area contributed by atoms with E-state index in [0.717, 1.165) is 0 Å². The van der Waals surface area contributed by atoms with Crippen LogP contribution >= 0.6 is 0 Å². The van der Waals surface area contributed by atoms with Crippen LogP contribution in [0, 0.1) is 5.92 Å². The van der Waals surface area contributed by atoms with Crippen molar-refractivity contribution < 1.29 is 19.5 Å². The molecular weight excluding hydrogens is 272 g/mol. The van der Waals surface area contributed by atoms with Crippen molar-refractivity contribution >= 4 is 17.8 Å². The summed E-state index contributed by atoms with van der Waals surface area (Å²) in [5.74, 6) is -2.00. The first kappa shape index (κ1) is 15.0. The molecule has 6 heteroatoms. The smallest absolute Gasteiger partial charge is 0.327 e. The molecule has 21 heavy (non-hydrogen) atoms. The highest BCUT2D eigenvalue weighted by molar-refractivity contribution is 5.99. The van der Waals surface area contributed by atoms with Gasteiger partial charge < -0.3 is 15.3 Å². The van der Waals surface area contributed by atoms with E-state index in [1.165, 1.54) is 4.90 Å². The zero-order valence-corrected chi connectivity index (χ0v) is 11.9. The summed E-state index contributed by atoms with van der Waals surface area (Å²) in [6.45, 7) is 3.67. The zero-order valence-electron chi connectivity index (χ0n) is 11.9. The number of hydrogen-bond acceptors (Lipinski definition) is 3. The predicted octanol–water partition coefficient (Wildman–Crippen LogP) is 1.08. The van der Waals surface area contributed by atoms with Crippen LogP contribution in [-0.4, -0.2) is 40.0 Å². The van der Waals surface area contributed by atoms with Crippen LogP contribution in [0.1, 0.15) is 30.6 Å². The molecule has 1 aromatic carbocycles. The lowest BCUT2D eigenvalue weighted by molar-refractivity contribution is -0.150. The lowest BCUT2D eigenvalue weighted by Gasteiger charge is -2.42. The first-order valence-corrected chi connectivity index (χ1v) is 6.81. The summed E-state index contributed by atoms with van der Waals surface area (Å²) in [7, 11) is 0. The molecule has 6 nitrogen and oxygen atoms in total. The Bertz CT molecular complexity index is 556. The summed E-state index contributed by atoms with van der Waals surface area (Å²) in [6, 6.07) is 7.35. The van der Waals surface area contributed by atoms with Crippen molar-refractivity contribution in [2.75, 3.05) is 0 Å². The molecule has 1 aromatic rings. The number of amides is 2. The van der Waals surface area contributed by atoms with Crippen molar-refractivity contribution in [3.63, 3.8) is 0 Å². The van der Waals surface area contributed by atoms with Gasteiger partial charge in [-0.15, -0.1) is 0 Å². The maximum absolute atomic E-state index is 12.6. The average molecular weight is 290 g/mol. The fraction of sp³-hybridized carbons (Fsp3) is 0.400. The third-order valence-electron chi connectivity index (χ3n) is 3.49. The molecule has 0 spiro atoms. The van der Waals surface area contributed by atoms with E-state index in [1.807, 2.05) is 13.8 Å². The molecule has 2 amide bonds. The molecule has 2 unspecified atom stereocenters. The van der Waals surface area contributed by atoms with Crippen molar-refractivity contribution in [2.24, 2.45) is 5.92 Å². The van der Waals surface area contributed by atoms with Gasteiger partial charge in [0.1, 0.15) is 12.2 Å². The van der Waals surface area contributed by atoms with Crippen molar-refractivity contribution in [1.82, 2.24) is 10.2 Å². The molecular formula is C15H18N2O4. The van der Waals surface area contributed by atoms with Crippen LogP contribution in [0.25, 0.3) is 0 Å². The van der Waals surface area contributed by atoms with E-state index in [9.17, 15) is 19.5 Å². The summed E-state index contributed by atoms with van der Waals surface area (Å²) in [5, 5.41) is 12.1. The monoisotopic (exact) mass is 290 g/mol. The van der Waals surface area contributed by atoms with Gasteiger partial charge in [-0.25, -0.2) is 4.79 Å². The number of nitrogens with zero attached hydrogens (tertiary/aromatic N) is 1. The van der Waals surface area contributed by atoms with Gasteiger partial charge in [-0.3, -0.25) is 9.59 Å².